The molecule has 1 aliphatic rings. The topological polar surface area (TPSA) is 70.5 Å². The summed E-state index contributed by atoms with van der Waals surface area (Å²) in [5.41, 5.74) is 8.20. The first-order chi connectivity index (χ1) is 7.81. The van der Waals surface area contributed by atoms with Gasteiger partial charge in [-0.15, -0.1) is 0 Å². The summed E-state index contributed by atoms with van der Waals surface area (Å²) in [6.07, 6.45) is 0.298. The van der Waals surface area contributed by atoms with E-state index in [1.807, 2.05) is 13.8 Å². The first kappa shape index (κ1) is 13.3. The Hall–Kier alpha value is -0.810. The molecule has 1 aliphatic heterocycles. The van der Waals surface area contributed by atoms with Crippen LogP contribution in [0.15, 0.2) is 5.11 Å². The van der Waals surface area contributed by atoms with Crippen molar-refractivity contribution in [2.45, 2.75) is 26.1 Å². The summed E-state index contributed by atoms with van der Waals surface area (Å²) in [5.74, 6) is 0. The van der Waals surface area contributed by atoms with E-state index in [2.05, 4.69) is 14.9 Å². The molecule has 0 unspecified atom stereocenters. The third-order valence-corrected chi connectivity index (χ3v) is 2.63. The fourth-order valence-electron chi connectivity index (χ4n) is 1.98. The Morgan fingerprint density at radius 1 is 1.25 bits per heavy atom. The van der Waals surface area contributed by atoms with Crippen LogP contribution in [0.25, 0.3) is 10.4 Å². The molecule has 0 N–H and O–H groups in total. The summed E-state index contributed by atoms with van der Waals surface area (Å²) in [4.78, 5) is 4.96. The van der Waals surface area contributed by atoms with Gasteiger partial charge in [-0.25, -0.2) is 0 Å². The second-order valence-corrected chi connectivity index (χ2v) is 3.70. The summed E-state index contributed by atoms with van der Waals surface area (Å²) >= 11 is 0. The normalized spacial score (nSPS) is 25.6. The maximum Gasteiger partial charge on any atom is 0.0975 e. The van der Waals surface area contributed by atoms with Gasteiger partial charge in [-0.1, -0.05) is 5.11 Å². The van der Waals surface area contributed by atoms with E-state index in [0.29, 0.717) is 19.8 Å². The smallest absolute Gasteiger partial charge is 0.0975 e. The molecule has 0 aromatic carbocycles. The van der Waals surface area contributed by atoms with Crippen molar-refractivity contribution in [1.82, 2.24) is 4.90 Å². The van der Waals surface area contributed by atoms with Gasteiger partial charge < -0.3 is 9.47 Å². The molecule has 0 bridgehead atoms. The van der Waals surface area contributed by atoms with Crippen LogP contribution in [-0.4, -0.2) is 56.5 Å². The fourth-order valence-corrected chi connectivity index (χ4v) is 1.98. The second-order valence-electron chi connectivity index (χ2n) is 3.70. The van der Waals surface area contributed by atoms with E-state index in [0.717, 1.165) is 19.6 Å². The molecule has 6 heteroatoms. The Balaban J connectivity index is 2.37. The number of likely N-dealkylation sites (tertiary alicyclic amines) is 1. The van der Waals surface area contributed by atoms with E-state index in [9.17, 15) is 0 Å². The molecule has 1 saturated heterocycles. The van der Waals surface area contributed by atoms with Crippen LogP contribution in [-0.2, 0) is 9.47 Å². The summed E-state index contributed by atoms with van der Waals surface area (Å²) in [6.45, 7) is 8.40. The molecular formula is C10H20N4O2. The van der Waals surface area contributed by atoms with Gasteiger partial charge in [-0.05, 0) is 19.4 Å². The van der Waals surface area contributed by atoms with Crippen LogP contribution in [0, 0.1) is 0 Å². The Labute approximate surface area is 96.1 Å². The lowest BCUT2D eigenvalue weighted by molar-refractivity contribution is -0.0388. The van der Waals surface area contributed by atoms with Crippen molar-refractivity contribution in [2.75, 3.05) is 39.4 Å². The summed E-state index contributed by atoms with van der Waals surface area (Å²) in [6, 6.07) is 0. The number of hydrogen-bond donors (Lipinski definition) is 0. The minimum atomic E-state index is 0.149. The zero-order chi connectivity index (χ0) is 11.8. The van der Waals surface area contributed by atoms with Crippen LogP contribution >= 0.6 is 0 Å². The van der Waals surface area contributed by atoms with E-state index in [-0.39, 0.29) is 12.2 Å². The van der Waals surface area contributed by atoms with Crippen LogP contribution in [0.5, 0.6) is 0 Å². The van der Waals surface area contributed by atoms with Crippen LogP contribution in [0.1, 0.15) is 13.8 Å². The van der Waals surface area contributed by atoms with Crippen LogP contribution in [0.2, 0.25) is 0 Å². The molecule has 0 aromatic rings. The van der Waals surface area contributed by atoms with Gasteiger partial charge in [0.05, 0.1) is 12.2 Å². The zero-order valence-electron chi connectivity index (χ0n) is 10.0. The minimum Gasteiger partial charge on any atom is -0.374 e. The lowest BCUT2D eigenvalue weighted by Crippen LogP contribution is -2.29. The van der Waals surface area contributed by atoms with Gasteiger partial charge in [-0.3, -0.25) is 4.90 Å². The van der Waals surface area contributed by atoms with Gasteiger partial charge in [0.2, 0.25) is 0 Å². The predicted octanol–water partition coefficient (Wildman–Crippen LogP) is 1.42. The molecule has 0 radical (unpaired) electrons. The van der Waals surface area contributed by atoms with Crippen molar-refractivity contribution < 1.29 is 9.47 Å². The largest absolute Gasteiger partial charge is 0.374 e. The number of nitrogens with zero attached hydrogens (tertiary/aromatic N) is 4. The molecule has 0 spiro atoms. The number of ether oxygens (including phenoxy) is 2. The SMILES string of the molecule is CCO[C@H]1CN(CCN=[N+]=[N-])C[C@H]1OCC. The highest BCUT2D eigenvalue weighted by Gasteiger charge is 2.33. The number of azide groups is 1. The highest BCUT2D eigenvalue weighted by atomic mass is 16.5. The molecular weight excluding hydrogens is 208 g/mol. The summed E-state index contributed by atoms with van der Waals surface area (Å²) in [7, 11) is 0. The third-order valence-electron chi connectivity index (χ3n) is 2.63. The van der Waals surface area contributed by atoms with Crippen LogP contribution in [0.3, 0.4) is 0 Å². The average Bonchev–Trinajstić information content (AvgIpc) is 2.63. The third kappa shape index (κ3) is 3.98. The lowest BCUT2D eigenvalue weighted by atomic mass is 10.2. The molecule has 0 aromatic heterocycles. The first-order valence-corrected chi connectivity index (χ1v) is 5.78. The van der Waals surface area contributed by atoms with Gasteiger partial charge in [0.1, 0.15) is 0 Å². The van der Waals surface area contributed by atoms with E-state index >= 15 is 0 Å². The highest BCUT2D eigenvalue weighted by Crippen LogP contribution is 2.16. The molecule has 6 nitrogen and oxygen atoms in total. The van der Waals surface area contributed by atoms with Crippen LogP contribution in [0.4, 0.5) is 0 Å². The highest BCUT2D eigenvalue weighted by molar-refractivity contribution is 4.86. The van der Waals surface area contributed by atoms with Gasteiger partial charge >= 0.3 is 0 Å². The van der Waals surface area contributed by atoms with Gasteiger partial charge in [-0.2, -0.15) is 0 Å². The molecule has 0 saturated carbocycles. The van der Waals surface area contributed by atoms with Crippen molar-refractivity contribution in [3.63, 3.8) is 0 Å². The molecule has 2 atom stereocenters. The van der Waals surface area contributed by atoms with Crippen LogP contribution < -0.4 is 0 Å². The first-order valence-electron chi connectivity index (χ1n) is 5.78. The molecule has 1 fully saturated rings. The van der Waals surface area contributed by atoms with Gasteiger partial charge in [0.15, 0.2) is 0 Å². The van der Waals surface area contributed by atoms with Crippen molar-refractivity contribution in [3.8, 4) is 0 Å². The standard InChI is InChI=1S/C10H20N4O2/c1-3-15-9-7-14(6-5-12-13-11)8-10(9)16-4-2/h9-10H,3-8H2,1-2H3/t9-,10+. The van der Waals surface area contributed by atoms with Crippen molar-refractivity contribution in [1.29, 1.82) is 0 Å². The van der Waals surface area contributed by atoms with E-state index in [4.69, 9.17) is 15.0 Å². The number of rotatable bonds is 7. The second kappa shape index (κ2) is 7.46. The maximum absolute atomic E-state index is 8.20. The fraction of sp³-hybridized carbons (Fsp3) is 1.00. The molecule has 0 amide bonds. The lowest BCUT2D eigenvalue weighted by Gasteiger charge is -2.17. The van der Waals surface area contributed by atoms with Crippen molar-refractivity contribution in [2.24, 2.45) is 5.11 Å². The number of hydrogen-bond acceptors (Lipinski definition) is 4. The van der Waals surface area contributed by atoms with Gasteiger partial charge in [0.25, 0.3) is 0 Å². The van der Waals surface area contributed by atoms with E-state index < -0.39 is 0 Å². The summed E-state index contributed by atoms with van der Waals surface area (Å²) < 4.78 is 11.3. The summed E-state index contributed by atoms with van der Waals surface area (Å²) in [5, 5.41) is 3.53. The molecule has 0 aliphatic carbocycles. The Bertz CT molecular complexity index is 229. The van der Waals surface area contributed by atoms with E-state index in [1.54, 1.807) is 0 Å². The van der Waals surface area contributed by atoms with Crippen molar-refractivity contribution in [3.05, 3.63) is 10.4 Å². The van der Waals surface area contributed by atoms with E-state index in [1.165, 1.54) is 0 Å². The quantitative estimate of drug-likeness (QED) is 0.376. The Morgan fingerprint density at radius 2 is 1.81 bits per heavy atom. The zero-order valence-corrected chi connectivity index (χ0v) is 10.0. The maximum atomic E-state index is 8.20. The predicted molar refractivity (Wildman–Crippen MR) is 61.3 cm³/mol. The molecule has 1 heterocycles. The molecule has 1 rings (SSSR count). The Morgan fingerprint density at radius 3 is 2.25 bits per heavy atom. The Kier molecular flexibility index (Phi) is 6.18. The minimum absolute atomic E-state index is 0.149. The average molecular weight is 228 g/mol. The molecule has 92 valence electrons. The van der Waals surface area contributed by atoms with Gasteiger partial charge in [0, 0.05) is 44.3 Å². The van der Waals surface area contributed by atoms with Crippen molar-refractivity contribution >= 4 is 0 Å². The monoisotopic (exact) mass is 228 g/mol. The molecule has 16 heavy (non-hydrogen) atoms.